The molecule has 0 bridgehead atoms. The Hall–Kier alpha value is -3.80. The van der Waals surface area contributed by atoms with Crippen LogP contribution in [-0.2, 0) is 10.2 Å². The van der Waals surface area contributed by atoms with E-state index in [1.165, 1.54) is 17.9 Å². The first kappa shape index (κ1) is 23.9. The molecule has 2 aromatic carbocycles. The molecule has 1 heterocycles. The van der Waals surface area contributed by atoms with Gasteiger partial charge in [-0.2, -0.15) is 0 Å². The van der Waals surface area contributed by atoms with Gasteiger partial charge >= 0.3 is 0 Å². The van der Waals surface area contributed by atoms with Gasteiger partial charge in [-0.3, -0.25) is 9.59 Å². The quantitative estimate of drug-likeness (QED) is 0.457. The summed E-state index contributed by atoms with van der Waals surface area (Å²) in [6.45, 7) is 6.25. The highest BCUT2D eigenvalue weighted by molar-refractivity contribution is 6.05. The molecule has 0 aliphatic heterocycles. The topological polar surface area (TPSA) is 80.6 Å². The Morgan fingerprint density at radius 2 is 1.73 bits per heavy atom. The minimum Gasteiger partial charge on any atom is -0.497 e. The lowest BCUT2D eigenvalue weighted by Crippen LogP contribution is -2.41. The van der Waals surface area contributed by atoms with E-state index in [1.807, 2.05) is 25.1 Å². The molecular weight excluding hydrogens is 416 g/mol. The van der Waals surface area contributed by atoms with Crippen LogP contribution in [0, 0.1) is 0 Å². The Bertz CT molecular complexity index is 1080. The predicted molar refractivity (Wildman–Crippen MR) is 129 cm³/mol. The number of amides is 2. The van der Waals surface area contributed by atoms with Gasteiger partial charge in [-0.1, -0.05) is 44.2 Å². The van der Waals surface area contributed by atoms with Crippen molar-refractivity contribution >= 4 is 17.9 Å². The molecular formula is C27H30N2O4. The molecule has 0 fully saturated rings. The van der Waals surface area contributed by atoms with Gasteiger partial charge in [-0.15, -0.1) is 0 Å². The monoisotopic (exact) mass is 446 g/mol. The van der Waals surface area contributed by atoms with Crippen molar-refractivity contribution in [3.63, 3.8) is 0 Å². The number of carbonyl (C=O) groups is 2. The molecule has 172 valence electrons. The Labute approximate surface area is 194 Å². The highest BCUT2D eigenvalue weighted by Crippen LogP contribution is 2.28. The molecule has 1 unspecified atom stereocenters. The Morgan fingerprint density at radius 1 is 1.03 bits per heavy atom. The van der Waals surface area contributed by atoms with Gasteiger partial charge in [0.15, 0.2) is 0 Å². The number of methoxy groups -OCH3 is 1. The SMILES string of the molecule is COc1ccc(C(=O)N/C(=C\c2ccco2)C(=O)NC(C)CC(C)(C)c2ccccc2)cc1. The summed E-state index contributed by atoms with van der Waals surface area (Å²) in [6, 6.07) is 20.2. The molecule has 6 heteroatoms. The van der Waals surface area contributed by atoms with E-state index in [4.69, 9.17) is 9.15 Å². The first-order chi connectivity index (χ1) is 15.8. The summed E-state index contributed by atoms with van der Waals surface area (Å²) < 4.78 is 10.5. The Balaban J connectivity index is 1.73. The zero-order valence-corrected chi connectivity index (χ0v) is 19.4. The number of rotatable bonds is 9. The first-order valence-electron chi connectivity index (χ1n) is 10.9. The van der Waals surface area contributed by atoms with Crippen LogP contribution in [-0.4, -0.2) is 25.0 Å². The van der Waals surface area contributed by atoms with Gasteiger partial charge in [0.2, 0.25) is 0 Å². The van der Waals surface area contributed by atoms with Gasteiger partial charge in [-0.25, -0.2) is 0 Å². The maximum atomic E-state index is 13.1. The van der Waals surface area contributed by atoms with E-state index in [0.29, 0.717) is 17.1 Å². The largest absolute Gasteiger partial charge is 0.497 e. The van der Waals surface area contributed by atoms with Crippen molar-refractivity contribution in [2.24, 2.45) is 0 Å². The zero-order chi connectivity index (χ0) is 23.8. The van der Waals surface area contributed by atoms with E-state index < -0.39 is 5.91 Å². The van der Waals surface area contributed by atoms with Crippen LogP contribution < -0.4 is 15.4 Å². The van der Waals surface area contributed by atoms with E-state index in [2.05, 4.69) is 36.6 Å². The van der Waals surface area contributed by atoms with Crippen LogP contribution in [0.5, 0.6) is 5.75 Å². The van der Waals surface area contributed by atoms with E-state index in [9.17, 15) is 9.59 Å². The van der Waals surface area contributed by atoms with Crippen molar-refractivity contribution in [3.05, 3.63) is 95.6 Å². The van der Waals surface area contributed by atoms with E-state index >= 15 is 0 Å². The van der Waals surface area contributed by atoms with Gasteiger partial charge in [0.25, 0.3) is 11.8 Å². The third kappa shape index (κ3) is 6.59. The minimum absolute atomic E-state index is 0.107. The molecule has 3 rings (SSSR count). The van der Waals surface area contributed by atoms with Gasteiger partial charge in [-0.05, 0) is 60.7 Å². The summed E-state index contributed by atoms with van der Waals surface area (Å²) in [5.74, 6) is 0.324. The molecule has 33 heavy (non-hydrogen) atoms. The van der Waals surface area contributed by atoms with Crippen molar-refractivity contribution in [2.75, 3.05) is 7.11 Å². The second-order valence-corrected chi connectivity index (χ2v) is 8.58. The fourth-order valence-electron chi connectivity index (χ4n) is 3.74. The molecule has 1 aromatic heterocycles. The van der Waals surface area contributed by atoms with Crippen LogP contribution in [0.3, 0.4) is 0 Å². The number of hydrogen-bond donors (Lipinski definition) is 2. The molecule has 0 saturated heterocycles. The van der Waals surface area contributed by atoms with Crippen molar-refractivity contribution in [1.82, 2.24) is 10.6 Å². The second kappa shape index (κ2) is 10.7. The number of ether oxygens (including phenoxy) is 1. The van der Waals surface area contributed by atoms with Crippen molar-refractivity contribution in [1.29, 1.82) is 0 Å². The van der Waals surface area contributed by atoms with Crippen molar-refractivity contribution in [3.8, 4) is 5.75 Å². The summed E-state index contributed by atoms with van der Waals surface area (Å²) in [5.41, 5.74) is 1.58. The third-order valence-electron chi connectivity index (χ3n) is 5.42. The highest BCUT2D eigenvalue weighted by Gasteiger charge is 2.25. The normalized spacial score (nSPS) is 12.7. The van der Waals surface area contributed by atoms with Gasteiger partial charge in [0.1, 0.15) is 17.2 Å². The van der Waals surface area contributed by atoms with Gasteiger partial charge in [0.05, 0.1) is 13.4 Å². The van der Waals surface area contributed by atoms with Gasteiger partial charge < -0.3 is 19.8 Å². The average molecular weight is 447 g/mol. The minimum atomic E-state index is -0.400. The predicted octanol–water partition coefficient (Wildman–Crippen LogP) is 4.93. The lowest BCUT2D eigenvalue weighted by atomic mass is 9.79. The number of nitrogens with one attached hydrogen (secondary N) is 2. The molecule has 6 nitrogen and oxygen atoms in total. The third-order valence-corrected chi connectivity index (χ3v) is 5.42. The number of carbonyl (C=O) groups excluding carboxylic acids is 2. The molecule has 0 aliphatic carbocycles. The fraction of sp³-hybridized carbons (Fsp3) is 0.259. The van der Waals surface area contributed by atoms with E-state index in [-0.39, 0.29) is 23.1 Å². The molecule has 3 aromatic rings. The molecule has 0 aliphatic rings. The maximum Gasteiger partial charge on any atom is 0.268 e. The number of benzene rings is 2. The van der Waals surface area contributed by atoms with Crippen LogP contribution in [0.25, 0.3) is 6.08 Å². The summed E-state index contributed by atoms with van der Waals surface area (Å²) in [7, 11) is 1.56. The Kier molecular flexibility index (Phi) is 7.72. The maximum absolute atomic E-state index is 13.1. The molecule has 0 radical (unpaired) electrons. The summed E-state index contributed by atoms with van der Waals surface area (Å²) in [5, 5.41) is 5.73. The van der Waals surface area contributed by atoms with Crippen molar-refractivity contribution < 1.29 is 18.7 Å². The van der Waals surface area contributed by atoms with Crippen LogP contribution in [0.15, 0.2) is 83.1 Å². The smallest absolute Gasteiger partial charge is 0.268 e. The van der Waals surface area contributed by atoms with Crippen LogP contribution in [0.4, 0.5) is 0 Å². The molecule has 2 N–H and O–H groups in total. The number of furan rings is 1. The standard InChI is InChI=1S/C27H30N2O4/c1-19(18-27(2,3)21-9-6-5-7-10-21)28-26(31)24(17-23-11-8-16-33-23)29-25(30)20-12-14-22(32-4)15-13-20/h5-17,19H,18H2,1-4H3,(H,28,31)(H,29,30)/b24-17-. The highest BCUT2D eigenvalue weighted by atomic mass is 16.5. The van der Waals surface area contributed by atoms with Crippen LogP contribution in [0.1, 0.15) is 48.9 Å². The lowest BCUT2D eigenvalue weighted by molar-refractivity contribution is -0.118. The van der Waals surface area contributed by atoms with Gasteiger partial charge in [0, 0.05) is 17.7 Å². The van der Waals surface area contributed by atoms with E-state index in [1.54, 1.807) is 43.5 Å². The lowest BCUT2D eigenvalue weighted by Gasteiger charge is -2.29. The molecule has 0 saturated carbocycles. The summed E-state index contributed by atoms with van der Waals surface area (Å²) in [6.07, 6.45) is 3.76. The molecule has 1 atom stereocenters. The first-order valence-corrected chi connectivity index (χ1v) is 10.9. The fourth-order valence-corrected chi connectivity index (χ4v) is 3.74. The summed E-state index contributed by atoms with van der Waals surface area (Å²) >= 11 is 0. The van der Waals surface area contributed by atoms with E-state index in [0.717, 1.165) is 6.42 Å². The van der Waals surface area contributed by atoms with Crippen molar-refractivity contribution in [2.45, 2.75) is 38.6 Å². The van der Waals surface area contributed by atoms with Crippen LogP contribution in [0.2, 0.25) is 0 Å². The Morgan fingerprint density at radius 3 is 2.33 bits per heavy atom. The average Bonchev–Trinajstić information content (AvgIpc) is 3.32. The summed E-state index contributed by atoms with van der Waals surface area (Å²) in [4.78, 5) is 25.9. The molecule has 0 spiro atoms. The second-order valence-electron chi connectivity index (χ2n) is 8.58. The number of hydrogen-bond acceptors (Lipinski definition) is 4. The van der Waals surface area contributed by atoms with Crippen LogP contribution >= 0.6 is 0 Å². The zero-order valence-electron chi connectivity index (χ0n) is 19.4. The molecule has 2 amide bonds.